The summed E-state index contributed by atoms with van der Waals surface area (Å²) in [4.78, 5) is 24.0. The number of primary amides is 1. The molecule has 134 valence electrons. The van der Waals surface area contributed by atoms with E-state index in [-0.39, 0.29) is 11.8 Å². The number of ether oxygens (including phenoxy) is 1. The highest BCUT2D eigenvalue weighted by Crippen LogP contribution is 2.32. The molecule has 3 heterocycles. The van der Waals surface area contributed by atoms with Crippen molar-refractivity contribution in [2.24, 2.45) is 11.7 Å². The van der Waals surface area contributed by atoms with E-state index in [0.717, 1.165) is 58.4 Å². The van der Waals surface area contributed by atoms with Gasteiger partial charge in [0, 0.05) is 24.6 Å². The third-order valence-corrected chi connectivity index (χ3v) is 5.82. The van der Waals surface area contributed by atoms with Crippen molar-refractivity contribution >= 4 is 32.7 Å². The van der Waals surface area contributed by atoms with Crippen LogP contribution < -0.4 is 15.4 Å². The Morgan fingerprint density at radius 1 is 1.15 bits per heavy atom. The van der Waals surface area contributed by atoms with Crippen LogP contribution in [0.1, 0.15) is 12.8 Å². The number of nitrogens with two attached hydrogens (primary N) is 1. The minimum atomic E-state index is -0.195. The lowest BCUT2D eigenvalue weighted by atomic mass is 9.97. The molecule has 7 heteroatoms. The molecule has 1 amide bonds. The van der Waals surface area contributed by atoms with Crippen molar-refractivity contribution in [2.45, 2.75) is 12.8 Å². The van der Waals surface area contributed by atoms with E-state index in [1.165, 1.54) is 0 Å². The Morgan fingerprint density at radius 2 is 1.88 bits per heavy atom. The fraction of sp³-hybridized carbons (Fsp3) is 0.316. The highest BCUT2D eigenvalue weighted by molar-refractivity contribution is 7.21. The van der Waals surface area contributed by atoms with Crippen molar-refractivity contribution in [2.75, 3.05) is 25.1 Å². The average Bonchev–Trinajstić information content (AvgIpc) is 3.11. The van der Waals surface area contributed by atoms with Gasteiger partial charge in [-0.1, -0.05) is 11.3 Å². The Labute approximate surface area is 155 Å². The van der Waals surface area contributed by atoms with Crippen molar-refractivity contribution in [1.82, 2.24) is 9.97 Å². The van der Waals surface area contributed by atoms with Gasteiger partial charge in [-0.05, 0) is 49.2 Å². The van der Waals surface area contributed by atoms with E-state index in [0.29, 0.717) is 0 Å². The predicted molar refractivity (Wildman–Crippen MR) is 104 cm³/mol. The summed E-state index contributed by atoms with van der Waals surface area (Å²) >= 11 is 1.59. The van der Waals surface area contributed by atoms with Crippen molar-refractivity contribution in [1.29, 1.82) is 0 Å². The molecule has 0 atom stereocenters. The van der Waals surface area contributed by atoms with E-state index in [9.17, 15) is 4.79 Å². The smallest absolute Gasteiger partial charge is 0.220 e. The lowest BCUT2D eigenvalue weighted by molar-refractivity contribution is -0.122. The van der Waals surface area contributed by atoms with Crippen LogP contribution in [0.25, 0.3) is 21.6 Å². The number of methoxy groups -OCH3 is 1. The van der Waals surface area contributed by atoms with Crippen LogP contribution in [-0.4, -0.2) is 36.1 Å². The monoisotopic (exact) mass is 368 g/mol. The predicted octanol–water partition coefficient (Wildman–Crippen LogP) is 3.07. The standard InChI is InChI=1S/C19H20N4O2S/c1-25-14-4-2-12(3-5-14)15-6-7-16-18(21-15)26-19(22-16)23-10-8-13(9-11-23)17(20)24/h2-7,13H,8-11H2,1H3,(H2,20,24). The molecule has 1 saturated heterocycles. The number of benzene rings is 1. The molecule has 1 aliphatic rings. The van der Waals surface area contributed by atoms with Gasteiger partial charge in [-0.2, -0.15) is 0 Å². The first-order valence-electron chi connectivity index (χ1n) is 8.60. The number of aromatic nitrogens is 2. The Morgan fingerprint density at radius 3 is 2.54 bits per heavy atom. The van der Waals surface area contributed by atoms with Gasteiger partial charge in [0.1, 0.15) is 16.1 Å². The van der Waals surface area contributed by atoms with E-state index >= 15 is 0 Å². The molecule has 3 aromatic rings. The number of nitrogens with zero attached hydrogens (tertiary/aromatic N) is 3. The summed E-state index contributed by atoms with van der Waals surface area (Å²) in [5, 5.41) is 0.960. The first kappa shape index (κ1) is 16.8. The first-order valence-corrected chi connectivity index (χ1v) is 9.42. The van der Waals surface area contributed by atoms with Gasteiger partial charge in [0.05, 0.1) is 12.8 Å². The molecule has 2 N–H and O–H groups in total. The largest absolute Gasteiger partial charge is 0.497 e. The quantitative estimate of drug-likeness (QED) is 0.765. The molecule has 4 rings (SSSR count). The normalized spacial score (nSPS) is 15.3. The number of rotatable bonds is 4. The lowest BCUT2D eigenvalue weighted by Crippen LogP contribution is -2.38. The van der Waals surface area contributed by atoms with Gasteiger partial charge in [-0.25, -0.2) is 9.97 Å². The number of carbonyl (C=O) groups is 1. The van der Waals surface area contributed by atoms with Gasteiger partial charge in [0.15, 0.2) is 5.13 Å². The zero-order chi connectivity index (χ0) is 18.1. The topological polar surface area (TPSA) is 81.3 Å². The van der Waals surface area contributed by atoms with Crippen LogP contribution in [0.5, 0.6) is 5.75 Å². The minimum Gasteiger partial charge on any atom is -0.497 e. The summed E-state index contributed by atoms with van der Waals surface area (Å²) in [6.07, 6.45) is 1.57. The number of piperidine rings is 1. The number of hydrogen-bond acceptors (Lipinski definition) is 6. The number of carbonyl (C=O) groups excluding carboxylic acids is 1. The van der Waals surface area contributed by atoms with Gasteiger partial charge in [-0.15, -0.1) is 0 Å². The Hall–Kier alpha value is -2.67. The maximum Gasteiger partial charge on any atom is 0.220 e. The molecule has 0 aliphatic carbocycles. The molecular formula is C19H20N4O2S. The Balaban J connectivity index is 1.57. The Bertz CT molecular complexity index is 930. The first-order chi connectivity index (χ1) is 12.6. The van der Waals surface area contributed by atoms with E-state index in [1.807, 2.05) is 36.4 Å². The zero-order valence-corrected chi connectivity index (χ0v) is 15.3. The fourth-order valence-electron chi connectivity index (χ4n) is 3.22. The van der Waals surface area contributed by atoms with E-state index in [4.69, 9.17) is 20.4 Å². The maximum atomic E-state index is 11.3. The maximum absolute atomic E-state index is 11.3. The molecule has 0 bridgehead atoms. The molecule has 26 heavy (non-hydrogen) atoms. The fourth-order valence-corrected chi connectivity index (χ4v) is 4.21. The molecule has 0 spiro atoms. The van der Waals surface area contributed by atoms with Gasteiger partial charge >= 0.3 is 0 Å². The van der Waals surface area contributed by atoms with Crippen LogP contribution in [0.2, 0.25) is 0 Å². The number of amides is 1. The molecule has 0 radical (unpaired) electrons. The summed E-state index contributed by atoms with van der Waals surface area (Å²) < 4.78 is 5.21. The van der Waals surface area contributed by atoms with Crippen LogP contribution in [-0.2, 0) is 4.79 Å². The highest BCUT2D eigenvalue weighted by atomic mass is 32.1. The molecule has 1 fully saturated rings. The van der Waals surface area contributed by atoms with Crippen LogP contribution >= 0.6 is 11.3 Å². The molecule has 1 aromatic carbocycles. The van der Waals surface area contributed by atoms with E-state index in [2.05, 4.69) is 4.90 Å². The summed E-state index contributed by atoms with van der Waals surface area (Å²) in [5.41, 5.74) is 8.28. The number of pyridine rings is 1. The second kappa shape index (κ2) is 6.92. The summed E-state index contributed by atoms with van der Waals surface area (Å²) in [5.74, 6) is 0.620. The molecular weight excluding hydrogens is 348 g/mol. The van der Waals surface area contributed by atoms with Gasteiger partial charge in [0.25, 0.3) is 0 Å². The summed E-state index contributed by atoms with van der Waals surface area (Å²) in [6.45, 7) is 1.61. The van der Waals surface area contributed by atoms with Crippen LogP contribution in [0.15, 0.2) is 36.4 Å². The third kappa shape index (κ3) is 3.22. The number of thiazole rings is 1. The van der Waals surface area contributed by atoms with Gasteiger partial charge in [-0.3, -0.25) is 4.79 Å². The molecule has 1 aliphatic heterocycles. The zero-order valence-electron chi connectivity index (χ0n) is 14.5. The molecule has 2 aromatic heterocycles. The van der Waals surface area contributed by atoms with Crippen molar-refractivity contribution in [3.63, 3.8) is 0 Å². The lowest BCUT2D eigenvalue weighted by Gasteiger charge is -2.30. The second-order valence-electron chi connectivity index (χ2n) is 6.41. The summed E-state index contributed by atoms with van der Waals surface area (Å²) in [6, 6.07) is 11.9. The van der Waals surface area contributed by atoms with E-state index < -0.39 is 0 Å². The molecule has 0 saturated carbocycles. The van der Waals surface area contributed by atoms with Crippen LogP contribution in [0.3, 0.4) is 0 Å². The molecule has 0 unspecified atom stereocenters. The highest BCUT2D eigenvalue weighted by Gasteiger charge is 2.25. The van der Waals surface area contributed by atoms with Crippen molar-refractivity contribution in [3.05, 3.63) is 36.4 Å². The Kier molecular flexibility index (Phi) is 4.46. The third-order valence-electron chi connectivity index (χ3n) is 4.80. The minimum absolute atomic E-state index is 0.0135. The van der Waals surface area contributed by atoms with Crippen molar-refractivity contribution < 1.29 is 9.53 Å². The number of anilines is 1. The van der Waals surface area contributed by atoms with E-state index in [1.54, 1.807) is 18.4 Å². The number of hydrogen-bond donors (Lipinski definition) is 1. The average molecular weight is 368 g/mol. The molecule has 6 nitrogen and oxygen atoms in total. The van der Waals surface area contributed by atoms with Crippen molar-refractivity contribution in [3.8, 4) is 17.0 Å². The second-order valence-corrected chi connectivity index (χ2v) is 7.37. The number of fused-ring (bicyclic) bond motifs is 1. The SMILES string of the molecule is COc1ccc(-c2ccc3nc(N4CCC(C(N)=O)CC4)sc3n2)cc1. The summed E-state index contributed by atoms with van der Waals surface area (Å²) in [7, 11) is 1.66. The van der Waals surface area contributed by atoms with Gasteiger partial charge < -0.3 is 15.4 Å². The van der Waals surface area contributed by atoms with Gasteiger partial charge in [0.2, 0.25) is 5.91 Å². The van der Waals surface area contributed by atoms with Crippen LogP contribution in [0, 0.1) is 5.92 Å². The van der Waals surface area contributed by atoms with Crippen LogP contribution in [0.4, 0.5) is 5.13 Å².